The first-order chi connectivity index (χ1) is 9.54. The molecule has 0 aromatic heterocycles. The molecule has 0 fully saturated rings. The van der Waals surface area contributed by atoms with Crippen LogP contribution < -0.4 is 16.4 Å². The molecule has 2 aromatic rings. The minimum atomic E-state index is -0.666. The lowest BCUT2D eigenvalue weighted by atomic mass is 10.1. The van der Waals surface area contributed by atoms with E-state index in [-0.39, 0.29) is 5.91 Å². The summed E-state index contributed by atoms with van der Waals surface area (Å²) in [5, 5.41) is 5.23. The summed E-state index contributed by atoms with van der Waals surface area (Å²) >= 11 is 0. The van der Waals surface area contributed by atoms with E-state index >= 15 is 0 Å². The largest absolute Gasteiger partial charge is 0.351 e. The van der Waals surface area contributed by atoms with Crippen molar-refractivity contribution in [2.75, 3.05) is 10.6 Å². The lowest BCUT2D eigenvalue weighted by Crippen LogP contribution is -2.19. The van der Waals surface area contributed by atoms with Crippen LogP contribution in [0.2, 0.25) is 0 Å². The van der Waals surface area contributed by atoms with Gasteiger partial charge in [-0.2, -0.15) is 0 Å². The van der Waals surface area contributed by atoms with Crippen LogP contribution in [0.3, 0.4) is 0 Å². The van der Waals surface area contributed by atoms with Gasteiger partial charge in [0.15, 0.2) is 0 Å². The molecule has 4 N–H and O–H groups in total. The Bertz CT molecular complexity index is 653. The zero-order valence-electron chi connectivity index (χ0n) is 11.0. The van der Waals surface area contributed by atoms with Crippen molar-refractivity contribution in [1.29, 1.82) is 0 Å². The summed E-state index contributed by atoms with van der Waals surface area (Å²) in [6.45, 7) is 1.95. The lowest BCUT2D eigenvalue weighted by Gasteiger charge is -2.07. The van der Waals surface area contributed by atoms with Crippen molar-refractivity contribution >= 4 is 23.3 Å². The first-order valence-electron chi connectivity index (χ1n) is 6.09. The highest BCUT2D eigenvalue weighted by Gasteiger charge is 2.07. The van der Waals surface area contributed by atoms with Gasteiger partial charge in [-0.25, -0.2) is 4.79 Å². The van der Waals surface area contributed by atoms with Crippen molar-refractivity contribution < 1.29 is 9.59 Å². The maximum absolute atomic E-state index is 12.1. The van der Waals surface area contributed by atoms with Crippen LogP contribution in [0.1, 0.15) is 15.9 Å². The number of hydrogen-bond acceptors (Lipinski definition) is 2. The van der Waals surface area contributed by atoms with E-state index in [1.165, 1.54) is 0 Å². The molecule has 0 aliphatic carbocycles. The average Bonchev–Trinajstić information content (AvgIpc) is 2.38. The Balaban J connectivity index is 2.15. The van der Waals surface area contributed by atoms with Crippen LogP contribution >= 0.6 is 0 Å². The molecule has 0 atom stereocenters. The standard InChI is InChI=1S/C15H15N3O2/c1-10-4-2-6-12(8-10)17-14(19)11-5-3-7-13(9-11)18-15(16)20/h2-9H,1H3,(H,17,19)(H3,16,18,20). The van der Waals surface area contributed by atoms with Crippen LogP contribution in [0.5, 0.6) is 0 Å². The molecule has 0 bridgehead atoms. The van der Waals surface area contributed by atoms with Gasteiger partial charge in [0.05, 0.1) is 0 Å². The summed E-state index contributed by atoms with van der Waals surface area (Å²) in [6.07, 6.45) is 0. The fourth-order valence-electron chi connectivity index (χ4n) is 1.81. The second-order valence-corrected chi connectivity index (χ2v) is 4.39. The number of urea groups is 1. The summed E-state index contributed by atoms with van der Waals surface area (Å²) < 4.78 is 0. The number of hydrogen-bond donors (Lipinski definition) is 3. The Morgan fingerprint density at radius 1 is 0.950 bits per heavy atom. The quantitative estimate of drug-likeness (QED) is 0.800. The molecule has 0 saturated heterocycles. The number of carbonyl (C=O) groups excluding carboxylic acids is 2. The van der Waals surface area contributed by atoms with E-state index in [4.69, 9.17) is 5.73 Å². The third-order valence-electron chi connectivity index (χ3n) is 2.67. The Morgan fingerprint density at radius 2 is 1.60 bits per heavy atom. The molecule has 3 amide bonds. The minimum Gasteiger partial charge on any atom is -0.351 e. The van der Waals surface area contributed by atoms with Gasteiger partial charge in [-0.15, -0.1) is 0 Å². The van der Waals surface area contributed by atoms with Crippen LogP contribution in [0.4, 0.5) is 16.2 Å². The first-order valence-corrected chi connectivity index (χ1v) is 6.09. The number of anilines is 2. The molecule has 0 heterocycles. The number of rotatable bonds is 3. The van der Waals surface area contributed by atoms with Gasteiger partial charge in [-0.05, 0) is 42.8 Å². The maximum atomic E-state index is 12.1. The lowest BCUT2D eigenvalue weighted by molar-refractivity contribution is 0.102. The molecule has 20 heavy (non-hydrogen) atoms. The molecular formula is C15H15N3O2. The predicted octanol–water partition coefficient (Wildman–Crippen LogP) is 2.74. The Hall–Kier alpha value is -2.82. The maximum Gasteiger partial charge on any atom is 0.316 e. The number of nitrogens with one attached hydrogen (secondary N) is 2. The first kappa shape index (κ1) is 13.6. The number of carbonyl (C=O) groups is 2. The molecule has 2 rings (SSSR count). The van der Waals surface area contributed by atoms with Gasteiger partial charge in [-0.3, -0.25) is 4.79 Å². The third-order valence-corrected chi connectivity index (χ3v) is 2.67. The Labute approximate surface area is 116 Å². The molecule has 0 spiro atoms. The van der Waals surface area contributed by atoms with Gasteiger partial charge in [0.25, 0.3) is 5.91 Å². The van der Waals surface area contributed by atoms with Crippen LogP contribution in [-0.4, -0.2) is 11.9 Å². The zero-order valence-corrected chi connectivity index (χ0v) is 11.0. The minimum absolute atomic E-state index is 0.247. The van der Waals surface area contributed by atoms with Crippen molar-refractivity contribution in [3.8, 4) is 0 Å². The molecule has 5 heteroatoms. The summed E-state index contributed by atoms with van der Waals surface area (Å²) in [5.74, 6) is -0.247. The van der Waals surface area contributed by atoms with Crippen LogP contribution in [-0.2, 0) is 0 Å². The van der Waals surface area contributed by atoms with Crippen LogP contribution in [0, 0.1) is 6.92 Å². The van der Waals surface area contributed by atoms with E-state index in [0.29, 0.717) is 11.3 Å². The molecule has 0 saturated carbocycles. The smallest absolute Gasteiger partial charge is 0.316 e. The number of amides is 3. The van der Waals surface area contributed by atoms with E-state index in [1.54, 1.807) is 24.3 Å². The number of nitrogens with two attached hydrogens (primary N) is 1. The number of primary amides is 1. The Morgan fingerprint density at radius 3 is 2.25 bits per heavy atom. The second-order valence-electron chi connectivity index (χ2n) is 4.39. The summed E-state index contributed by atoms with van der Waals surface area (Å²) in [6, 6.07) is 13.4. The van der Waals surface area contributed by atoms with Crippen molar-refractivity contribution in [1.82, 2.24) is 0 Å². The zero-order chi connectivity index (χ0) is 14.5. The highest BCUT2D eigenvalue weighted by molar-refractivity contribution is 6.05. The molecule has 0 aliphatic heterocycles. The van der Waals surface area contributed by atoms with E-state index in [0.717, 1.165) is 11.3 Å². The summed E-state index contributed by atoms with van der Waals surface area (Å²) in [7, 11) is 0. The van der Waals surface area contributed by atoms with Crippen LogP contribution in [0.25, 0.3) is 0 Å². The molecule has 5 nitrogen and oxygen atoms in total. The normalized spacial score (nSPS) is 9.85. The topological polar surface area (TPSA) is 84.2 Å². The van der Waals surface area contributed by atoms with Crippen LogP contribution in [0.15, 0.2) is 48.5 Å². The molecule has 2 aromatic carbocycles. The molecule has 0 unspecified atom stereocenters. The highest BCUT2D eigenvalue weighted by atomic mass is 16.2. The van der Waals surface area contributed by atoms with E-state index in [1.807, 2.05) is 31.2 Å². The van der Waals surface area contributed by atoms with Gasteiger partial charge in [0.2, 0.25) is 0 Å². The summed E-state index contributed by atoms with van der Waals surface area (Å²) in [5.41, 5.74) is 7.75. The number of benzene rings is 2. The fourth-order valence-corrected chi connectivity index (χ4v) is 1.81. The van der Waals surface area contributed by atoms with Crippen molar-refractivity contribution in [2.24, 2.45) is 5.73 Å². The van der Waals surface area contributed by atoms with Gasteiger partial charge in [0.1, 0.15) is 0 Å². The number of aryl methyl sites for hydroxylation is 1. The van der Waals surface area contributed by atoms with Gasteiger partial charge in [-0.1, -0.05) is 18.2 Å². The average molecular weight is 269 g/mol. The van der Waals surface area contributed by atoms with Gasteiger partial charge < -0.3 is 16.4 Å². The second kappa shape index (κ2) is 5.88. The monoisotopic (exact) mass is 269 g/mol. The molecule has 0 aliphatic rings. The van der Waals surface area contributed by atoms with E-state index in [9.17, 15) is 9.59 Å². The SMILES string of the molecule is Cc1cccc(NC(=O)c2cccc(NC(N)=O)c2)c1. The predicted molar refractivity (Wildman–Crippen MR) is 78.8 cm³/mol. The summed E-state index contributed by atoms with van der Waals surface area (Å²) in [4.78, 5) is 22.9. The van der Waals surface area contributed by atoms with Crippen molar-refractivity contribution in [3.05, 3.63) is 59.7 Å². The third kappa shape index (κ3) is 3.58. The van der Waals surface area contributed by atoms with Gasteiger partial charge in [0, 0.05) is 16.9 Å². The molecule has 0 radical (unpaired) electrons. The van der Waals surface area contributed by atoms with Gasteiger partial charge >= 0.3 is 6.03 Å². The van der Waals surface area contributed by atoms with Crippen molar-refractivity contribution in [2.45, 2.75) is 6.92 Å². The molecular weight excluding hydrogens is 254 g/mol. The Kier molecular flexibility index (Phi) is 4.00. The fraction of sp³-hybridized carbons (Fsp3) is 0.0667. The van der Waals surface area contributed by atoms with Crippen molar-refractivity contribution in [3.63, 3.8) is 0 Å². The van der Waals surface area contributed by atoms with E-state index in [2.05, 4.69) is 10.6 Å². The highest BCUT2D eigenvalue weighted by Crippen LogP contribution is 2.14. The van der Waals surface area contributed by atoms with E-state index < -0.39 is 6.03 Å². The molecule has 102 valence electrons.